The third kappa shape index (κ3) is 8.34. The minimum atomic E-state index is 0.131. The van der Waals surface area contributed by atoms with Gasteiger partial charge in [0.2, 0.25) is 0 Å². The number of nitrogens with zero attached hydrogens (tertiary/aromatic N) is 1. The average Bonchev–Trinajstić information content (AvgIpc) is 2.69. The largest absolute Gasteiger partial charge is 0.192 e. The van der Waals surface area contributed by atoms with Crippen LogP contribution in [-0.2, 0) is 11.8 Å². The zero-order valence-corrected chi connectivity index (χ0v) is 18.3. The number of allylic oxidation sites excluding steroid dienone is 2. The predicted octanol–water partition coefficient (Wildman–Crippen LogP) is 8.27. The Kier molecular flexibility index (Phi) is 11.8. The van der Waals surface area contributed by atoms with E-state index >= 15 is 0 Å². The van der Waals surface area contributed by atoms with Gasteiger partial charge in [0, 0.05) is 0 Å². The molecule has 1 unspecified atom stereocenters. The summed E-state index contributed by atoms with van der Waals surface area (Å²) in [6, 6.07) is 8.79. The first-order valence-corrected chi connectivity index (χ1v) is 11.3. The van der Waals surface area contributed by atoms with Crippen molar-refractivity contribution in [2.75, 3.05) is 0 Å². The van der Waals surface area contributed by atoms with Crippen LogP contribution in [0.2, 0.25) is 0 Å². The van der Waals surface area contributed by atoms with Crippen LogP contribution in [0.15, 0.2) is 30.4 Å². The van der Waals surface area contributed by atoms with Crippen molar-refractivity contribution in [1.29, 1.82) is 5.26 Å². The molecule has 0 fully saturated rings. The number of rotatable bonds is 14. The first-order chi connectivity index (χ1) is 13.1. The summed E-state index contributed by atoms with van der Waals surface area (Å²) in [6.45, 7) is 9.18. The fraction of sp³-hybridized carbons (Fsp3) is 0.654. The second-order valence-electron chi connectivity index (χ2n) is 8.28. The van der Waals surface area contributed by atoms with Gasteiger partial charge in [-0.25, -0.2) is 0 Å². The summed E-state index contributed by atoms with van der Waals surface area (Å²) >= 11 is 0. The highest BCUT2D eigenvalue weighted by Gasteiger charge is 2.27. The van der Waals surface area contributed by atoms with Gasteiger partial charge in [-0.05, 0) is 60.8 Å². The quantitative estimate of drug-likeness (QED) is 0.240. The van der Waals surface area contributed by atoms with Gasteiger partial charge < -0.3 is 0 Å². The normalized spacial score (nSPS) is 13.6. The Morgan fingerprint density at radius 2 is 1.67 bits per heavy atom. The molecule has 0 spiro atoms. The third-order valence-electron chi connectivity index (χ3n) is 5.71. The van der Waals surface area contributed by atoms with E-state index in [0.29, 0.717) is 0 Å². The van der Waals surface area contributed by atoms with E-state index in [1.807, 2.05) is 6.07 Å². The third-order valence-corrected chi connectivity index (χ3v) is 5.71. The Labute approximate surface area is 168 Å². The molecule has 27 heavy (non-hydrogen) atoms. The first-order valence-electron chi connectivity index (χ1n) is 11.3. The molecule has 0 aromatic heterocycles. The summed E-state index contributed by atoms with van der Waals surface area (Å²) in [5, 5.41) is 9.45. The summed E-state index contributed by atoms with van der Waals surface area (Å²) in [4.78, 5) is 0. The van der Waals surface area contributed by atoms with Crippen molar-refractivity contribution in [1.82, 2.24) is 0 Å². The Balaban J connectivity index is 3.06. The topological polar surface area (TPSA) is 23.8 Å². The number of nitriles is 1. The van der Waals surface area contributed by atoms with Gasteiger partial charge in [-0.15, -0.1) is 0 Å². The summed E-state index contributed by atoms with van der Waals surface area (Å²) in [5.41, 5.74) is 3.82. The summed E-state index contributed by atoms with van der Waals surface area (Å²) in [5.74, 6) is 0. The highest BCUT2D eigenvalue weighted by Crippen LogP contribution is 2.37. The summed E-state index contributed by atoms with van der Waals surface area (Å²) in [7, 11) is 0. The van der Waals surface area contributed by atoms with Crippen LogP contribution >= 0.6 is 0 Å². The lowest BCUT2D eigenvalue weighted by molar-refractivity contribution is 0.416. The lowest BCUT2D eigenvalue weighted by Crippen LogP contribution is -2.23. The lowest BCUT2D eigenvalue weighted by atomic mass is 9.72. The van der Waals surface area contributed by atoms with Crippen molar-refractivity contribution in [2.24, 2.45) is 0 Å². The molecule has 1 aromatic rings. The number of benzene rings is 1. The first kappa shape index (κ1) is 23.5. The maximum atomic E-state index is 9.45. The fourth-order valence-corrected chi connectivity index (χ4v) is 3.89. The van der Waals surface area contributed by atoms with E-state index in [4.69, 9.17) is 0 Å². The van der Waals surface area contributed by atoms with E-state index in [0.717, 1.165) is 24.8 Å². The van der Waals surface area contributed by atoms with E-state index in [9.17, 15) is 5.26 Å². The van der Waals surface area contributed by atoms with E-state index in [1.165, 1.54) is 68.9 Å². The maximum Gasteiger partial charge on any atom is 0.0991 e. The van der Waals surface area contributed by atoms with Gasteiger partial charge in [-0.2, -0.15) is 5.26 Å². The molecule has 0 aliphatic carbocycles. The standard InChI is InChI=1S/C26H41N/c1-5-8-11-13-14-16-24-18-17-23(22-27)21-25(24)26(4,19-10-7-3)20-15-12-9-6-2/h12,15,17-18,21H,5-11,13-14,16,19-20H2,1-4H3/b15-12+. The van der Waals surface area contributed by atoms with Crippen LogP contribution in [0.3, 0.4) is 0 Å². The summed E-state index contributed by atoms with van der Waals surface area (Å²) < 4.78 is 0. The van der Waals surface area contributed by atoms with Gasteiger partial charge in [0.1, 0.15) is 0 Å². The van der Waals surface area contributed by atoms with Crippen LogP contribution < -0.4 is 0 Å². The second-order valence-corrected chi connectivity index (χ2v) is 8.28. The van der Waals surface area contributed by atoms with Crippen LogP contribution in [0.1, 0.15) is 115 Å². The van der Waals surface area contributed by atoms with Crippen LogP contribution in [0, 0.1) is 11.3 Å². The zero-order valence-electron chi connectivity index (χ0n) is 18.3. The van der Waals surface area contributed by atoms with Gasteiger partial charge >= 0.3 is 0 Å². The molecule has 150 valence electrons. The van der Waals surface area contributed by atoms with Crippen molar-refractivity contribution < 1.29 is 0 Å². The van der Waals surface area contributed by atoms with Crippen molar-refractivity contribution >= 4 is 0 Å². The van der Waals surface area contributed by atoms with Crippen LogP contribution in [0.25, 0.3) is 0 Å². The summed E-state index contributed by atoms with van der Waals surface area (Å²) in [6.07, 6.45) is 19.5. The average molecular weight is 368 g/mol. The van der Waals surface area contributed by atoms with Crippen molar-refractivity contribution in [2.45, 2.75) is 110 Å². The monoisotopic (exact) mass is 367 g/mol. The number of hydrogen-bond acceptors (Lipinski definition) is 1. The number of unbranched alkanes of at least 4 members (excludes halogenated alkanes) is 6. The van der Waals surface area contributed by atoms with Crippen molar-refractivity contribution in [3.63, 3.8) is 0 Å². The second kappa shape index (κ2) is 13.6. The zero-order chi connectivity index (χ0) is 20.0. The maximum absolute atomic E-state index is 9.45. The van der Waals surface area contributed by atoms with Crippen LogP contribution in [0.4, 0.5) is 0 Å². The molecule has 0 amide bonds. The van der Waals surface area contributed by atoms with E-state index in [1.54, 1.807) is 0 Å². The molecule has 0 radical (unpaired) electrons. The minimum absolute atomic E-state index is 0.131. The molecular weight excluding hydrogens is 326 g/mol. The molecule has 1 atom stereocenters. The Morgan fingerprint density at radius 3 is 2.33 bits per heavy atom. The molecule has 0 saturated heterocycles. The number of hydrogen-bond donors (Lipinski definition) is 0. The van der Waals surface area contributed by atoms with Crippen molar-refractivity contribution in [3.8, 4) is 6.07 Å². The highest BCUT2D eigenvalue weighted by atomic mass is 14.3. The van der Waals surface area contributed by atoms with Gasteiger partial charge in [-0.1, -0.05) is 90.9 Å². The van der Waals surface area contributed by atoms with Gasteiger partial charge in [0.05, 0.1) is 11.6 Å². The number of aryl methyl sites for hydroxylation is 1. The van der Waals surface area contributed by atoms with Gasteiger partial charge in [0.25, 0.3) is 0 Å². The van der Waals surface area contributed by atoms with Gasteiger partial charge in [0.15, 0.2) is 0 Å². The Hall–Kier alpha value is -1.55. The SMILES string of the molecule is CCC/C=C/CC(C)(CCCC)c1cc(C#N)ccc1CCCCCCC. The molecule has 0 aliphatic rings. The molecule has 0 bridgehead atoms. The molecule has 1 nitrogen and oxygen atoms in total. The van der Waals surface area contributed by atoms with E-state index in [-0.39, 0.29) is 5.41 Å². The smallest absolute Gasteiger partial charge is 0.0991 e. The molecule has 0 N–H and O–H groups in total. The molecule has 1 heteroatoms. The molecule has 1 aromatic carbocycles. The van der Waals surface area contributed by atoms with E-state index in [2.05, 4.69) is 58.0 Å². The minimum Gasteiger partial charge on any atom is -0.192 e. The molecular formula is C26H41N. The molecule has 0 aliphatic heterocycles. The molecule has 0 heterocycles. The van der Waals surface area contributed by atoms with Crippen molar-refractivity contribution in [3.05, 3.63) is 47.0 Å². The lowest BCUT2D eigenvalue weighted by Gasteiger charge is -2.32. The Morgan fingerprint density at radius 1 is 0.926 bits per heavy atom. The Bertz CT molecular complexity index is 593. The van der Waals surface area contributed by atoms with Crippen LogP contribution in [-0.4, -0.2) is 0 Å². The van der Waals surface area contributed by atoms with Crippen LogP contribution in [0.5, 0.6) is 0 Å². The molecule has 1 rings (SSSR count). The predicted molar refractivity (Wildman–Crippen MR) is 119 cm³/mol. The fourth-order valence-electron chi connectivity index (χ4n) is 3.89. The molecule has 0 saturated carbocycles. The van der Waals surface area contributed by atoms with E-state index < -0.39 is 0 Å². The van der Waals surface area contributed by atoms with Gasteiger partial charge in [-0.3, -0.25) is 0 Å². The highest BCUT2D eigenvalue weighted by molar-refractivity contribution is 5.42.